The molecule has 0 aromatic carbocycles. The highest BCUT2D eigenvalue weighted by Crippen LogP contribution is 2.35. The minimum absolute atomic E-state index is 0.561. The second-order valence-corrected chi connectivity index (χ2v) is 16.5. The van der Waals surface area contributed by atoms with Crippen molar-refractivity contribution >= 4 is 48.9 Å². The number of carboxylic acid groups (broad SMARTS) is 2. The van der Waals surface area contributed by atoms with Crippen molar-refractivity contribution in [3.63, 3.8) is 0 Å². The van der Waals surface area contributed by atoms with Crippen molar-refractivity contribution in [1.29, 1.82) is 0 Å². The molecular weight excluding hydrogens is 916 g/mol. The van der Waals surface area contributed by atoms with Crippen molar-refractivity contribution in [2.75, 3.05) is 13.2 Å². The van der Waals surface area contributed by atoms with Gasteiger partial charge in [-0.3, -0.25) is 18.5 Å². The van der Waals surface area contributed by atoms with E-state index in [1.807, 2.05) is 0 Å². The number of aliphatic carboxylic acids is 2. The molecule has 61 heavy (non-hydrogen) atoms. The SMILES string of the molecule is CC(=O)N[C@H]1[C@@H](OC2[C@@H](C(=O)O)O[C@@H](OC3[C@@H](CO)OC(O)[C@H](NS(=O)(=O)O)[C@H]3OS(=O)(=O)O)[C@H](O)[C@H]2O)O[C@H](COS(=O)(=O)O)C(O[C@@H]2OC(C(=O)O)=C[C@H](O)[C@H]2O)[C@@H]1O. The Morgan fingerprint density at radius 3 is 1.84 bits per heavy atom. The van der Waals surface area contributed by atoms with Gasteiger partial charge in [0.2, 0.25) is 18.0 Å². The van der Waals surface area contributed by atoms with Crippen LogP contribution in [0, 0.1) is 0 Å². The molecule has 0 aliphatic carbocycles. The summed E-state index contributed by atoms with van der Waals surface area (Å²) in [4.78, 5) is 36.3. The molecule has 4 unspecified atom stereocenters. The number of nitrogens with one attached hydrogen (secondary N) is 2. The lowest BCUT2D eigenvalue weighted by Gasteiger charge is -2.49. The summed E-state index contributed by atoms with van der Waals surface area (Å²) in [6.45, 7) is -1.78. The van der Waals surface area contributed by atoms with Crippen LogP contribution in [0.2, 0.25) is 0 Å². The summed E-state index contributed by atoms with van der Waals surface area (Å²) < 4.78 is 145. The van der Waals surface area contributed by atoms with Crippen molar-refractivity contribution in [2.24, 2.45) is 0 Å². The molecule has 4 aliphatic rings. The fourth-order valence-corrected chi connectivity index (χ4v) is 7.72. The van der Waals surface area contributed by atoms with E-state index in [2.05, 4.69) is 13.7 Å². The van der Waals surface area contributed by atoms with Crippen LogP contribution in [-0.2, 0) is 87.0 Å². The van der Waals surface area contributed by atoms with E-state index in [1.165, 1.54) is 4.72 Å². The quantitative estimate of drug-likeness (QED) is 0.0602. The van der Waals surface area contributed by atoms with Gasteiger partial charge in [-0.25, -0.2) is 18.0 Å². The minimum atomic E-state index is -5.67. The van der Waals surface area contributed by atoms with Crippen LogP contribution in [0.4, 0.5) is 0 Å². The molecule has 1 amide bonds. The molecule has 3 fully saturated rings. The Balaban J connectivity index is 1.67. The highest BCUT2D eigenvalue weighted by atomic mass is 32.3. The molecule has 0 spiro atoms. The smallest absolute Gasteiger partial charge is 0.397 e. The molecule has 3 saturated heterocycles. The van der Waals surface area contributed by atoms with E-state index < -0.39 is 178 Å². The zero-order chi connectivity index (χ0) is 46.1. The van der Waals surface area contributed by atoms with Crippen molar-refractivity contribution in [2.45, 2.75) is 117 Å². The van der Waals surface area contributed by atoms with Crippen LogP contribution in [0.15, 0.2) is 11.8 Å². The summed E-state index contributed by atoms with van der Waals surface area (Å²) >= 11 is 0. The molecule has 352 valence electrons. The van der Waals surface area contributed by atoms with Gasteiger partial charge >= 0.3 is 43.0 Å². The molecule has 32 nitrogen and oxygen atoms in total. The van der Waals surface area contributed by atoms with Gasteiger partial charge in [0.1, 0.15) is 79.2 Å². The van der Waals surface area contributed by atoms with Crippen LogP contribution in [0.3, 0.4) is 0 Å². The molecule has 35 heteroatoms. The lowest BCUT2D eigenvalue weighted by atomic mass is 9.94. The van der Waals surface area contributed by atoms with E-state index in [-0.39, 0.29) is 0 Å². The molecule has 4 heterocycles. The van der Waals surface area contributed by atoms with Gasteiger partial charge in [0.05, 0.1) is 13.2 Å². The van der Waals surface area contributed by atoms with Gasteiger partial charge < -0.3 is 84.4 Å². The van der Waals surface area contributed by atoms with E-state index >= 15 is 0 Å². The molecule has 0 radical (unpaired) electrons. The van der Waals surface area contributed by atoms with E-state index in [1.54, 1.807) is 0 Å². The molecule has 0 saturated carbocycles. The number of carboxylic acids is 2. The Labute approximate surface area is 341 Å². The third kappa shape index (κ3) is 13.1. The molecule has 14 N–H and O–H groups in total. The third-order valence-corrected chi connectivity index (χ3v) is 10.3. The number of hydrogen-bond acceptors (Lipinski definition) is 25. The first kappa shape index (κ1) is 50.7. The first-order valence-corrected chi connectivity index (χ1v) is 20.9. The Hall–Kier alpha value is -2.96. The van der Waals surface area contributed by atoms with Crippen molar-refractivity contribution < 1.29 is 141 Å². The maximum absolute atomic E-state index is 12.5. The monoisotopic (exact) mass is 956 g/mol. The maximum atomic E-state index is 12.5. The van der Waals surface area contributed by atoms with Gasteiger partial charge in [0.15, 0.2) is 25.0 Å². The fourth-order valence-electron chi connectivity index (χ4n) is 6.31. The molecular formula is C26H40N2O30S3. The predicted molar refractivity (Wildman–Crippen MR) is 178 cm³/mol. The lowest BCUT2D eigenvalue weighted by molar-refractivity contribution is -0.364. The summed E-state index contributed by atoms with van der Waals surface area (Å²) in [7, 11) is -16.4. The summed E-state index contributed by atoms with van der Waals surface area (Å²) in [5.41, 5.74) is 0. The predicted octanol–water partition coefficient (Wildman–Crippen LogP) is -9.21. The topological polar surface area (TPSA) is 504 Å². The first-order chi connectivity index (χ1) is 28.0. The molecule has 4 rings (SSSR count). The zero-order valence-corrected chi connectivity index (χ0v) is 32.8. The second-order valence-electron chi connectivity index (χ2n) is 13.2. The molecule has 0 bridgehead atoms. The summed E-state index contributed by atoms with van der Waals surface area (Å²) in [5.74, 6) is -5.86. The molecule has 0 aromatic rings. The van der Waals surface area contributed by atoms with E-state index in [9.17, 15) is 99.3 Å². The fraction of sp³-hybridized carbons (Fsp3) is 0.808. The Morgan fingerprint density at radius 1 is 0.705 bits per heavy atom. The van der Waals surface area contributed by atoms with Gasteiger partial charge in [-0.05, 0) is 6.08 Å². The third-order valence-electron chi connectivity index (χ3n) is 8.85. The van der Waals surface area contributed by atoms with Crippen LogP contribution in [-0.4, -0.2) is 226 Å². The number of aliphatic hydroxyl groups is 7. The average molecular weight is 957 g/mol. The number of ether oxygens (including phenoxy) is 7. The molecule has 18 atom stereocenters. The number of amides is 1. The maximum Gasteiger partial charge on any atom is 0.397 e. The number of hydrogen-bond donors (Lipinski definition) is 14. The first-order valence-electron chi connectivity index (χ1n) is 16.8. The van der Waals surface area contributed by atoms with Crippen molar-refractivity contribution in [3.8, 4) is 0 Å². The number of aliphatic hydroxyl groups excluding tert-OH is 7. The summed E-state index contributed by atoms with van der Waals surface area (Å²) in [6, 6.07) is -4.46. The molecule has 0 aromatic heterocycles. The Bertz CT molecular complexity index is 1950. The van der Waals surface area contributed by atoms with Crippen molar-refractivity contribution in [3.05, 3.63) is 11.8 Å². The summed E-state index contributed by atoms with van der Waals surface area (Å²) in [6.07, 6.45) is -36.7. The van der Waals surface area contributed by atoms with Gasteiger partial charge in [-0.15, -0.1) is 0 Å². The van der Waals surface area contributed by atoms with Crippen LogP contribution in [0.25, 0.3) is 0 Å². The van der Waals surface area contributed by atoms with Crippen LogP contribution < -0.4 is 10.0 Å². The average Bonchev–Trinajstić information content (AvgIpc) is 3.12. The van der Waals surface area contributed by atoms with Crippen LogP contribution in [0.1, 0.15) is 6.92 Å². The van der Waals surface area contributed by atoms with Crippen LogP contribution >= 0.6 is 0 Å². The number of carbonyl (C=O) groups is 3. The minimum Gasteiger partial charge on any atom is -0.479 e. The van der Waals surface area contributed by atoms with Gasteiger partial charge in [-0.1, -0.05) is 0 Å². The highest BCUT2D eigenvalue weighted by molar-refractivity contribution is 7.83. The highest BCUT2D eigenvalue weighted by Gasteiger charge is 2.57. The van der Waals surface area contributed by atoms with Gasteiger partial charge in [-0.2, -0.15) is 30.0 Å². The summed E-state index contributed by atoms with van der Waals surface area (Å²) in [5, 5.41) is 96.1. The van der Waals surface area contributed by atoms with Gasteiger partial charge in [0.25, 0.3) is 0 Å². The van der Waals surface area contributed by atoms with Gasteiger partial charge in [0, 0.05) is 6.92 Å². The van der Waals surface area contributed by atoms with E-state index in [0.717, 1.165) is 6.92 Å². The Morgan fingerprint density at radius 2 is 1.31 bits per heavy atom. The number of rotatable bonds is 17. The van der Waals surface area contributed by atoms with E-state index in [0.29, 0.717) is 6.08 Å². The van der Waals surface area contributed by atoms with Crippen LogP contribution in [0.5, 0.6) is 0 Å². The number of carbonyl (C=O) groups excluding carboxylic acids is 1. The largest absolute Gasteiger partial charge is 0.479 e. The second kappa shape index (κ2) is 19.8. The zero-order valence-electron chi connectivity index (χ0n) is 30.3. The normalized spacial score (nSPS) is 40.0. The van der Waals surface area contributed by atoms with Crippen molar-refractivity contribution in [1.82, 2.24) is 10.0 Å². The van der Waals surface area contributed by atoms with E-state index in [4.69, 9.17) is 33.2 Å². The Kier molecular flexibility index (Phi) is 16.5. The lowest BCUT2D eigenvalue weighted by Crippen LogP contribution is -2.70. The molecule has 4 aliphatic heterocycles. The standard InChI is InChI=1S/C26H40N2O30S3/c1-5(30)27-10-13(33)16(54-25-12(32)6(31)2-7(52-25)21(36)37)9(4-50-60(44,45)46)53-24(10)56-19-14(34)15(35)26(57-20(19)22(38)39)55-17-8(3-29)51-23(40)11(28-59(41,42)43)18(17)58-61(47,48)49/h2,6,8-20,23-26,28-29,31-35,40H,3-4H2,1H3,(H,27,30)(H,36,37)(H,38,39)(H,41,42,43)(H,44,45,46)(H,47,48,49)/t6-,8+,9+,10+,11+,12+,13+,14+,15+,16?,17?,18+,19?,20-,23?,24+,25-,26+/m0/s1.